The van der Waals surface area contributed by atoms with Crippen LogP contribution in [0.4, 0.5) is 13.2 Å². The van der Waals surface area contributed by atoms with Crippen LogP contribution in [0.3, 0.4) is 0 Å². The Morgan fingerprint density at radius 3 is 2.79 bits per heavy atom. The molecule has 0 radical (unpaired) electrons. The third-order valence-corrected chi connectivity index (χ3v) is 3.27. The number of hydrogen-bond acceptors (Lipinski definition) is 4. The second kappa shape index (κ2) is 5.42. The average Bonchev–Trinajstić information content (AvgIpc) is 2.30. The van der Waals surface area contributed by atoms with Crippen molar-refractivity contribution in [3.63, 3.8) is 0 Å². The van der Waals surface area contributed by atoms with E-state index in [1.54, 1.807) is 6.92 Å². The van der Waals surface area contributed by atoms with Gasteiger partial charge in [-0.3, -0.25) is 4.90 Å². The molecule has 1 fully saturated rings. The topological polar surface area (TPSA) is 55.0 Å². The van der Waals surface area contributed by atoms with Gasteiger partial charge in [-0.25, -0.2) is 9.97 Å². The molecule has 106 valence electrons. The summed E-state index contributed by atoms with van der Waals surface area (Å²) >= 11 is 0. The normalized spacial score (nSPS) is 21.6. The van der Waals surface area contributed by atoms with Gasteiger partial charge in [0.1, 0.15) is 0 Å². The van der Waals surface area contributed by atoms with Crippen LogP contribution >= 0.6 is 0 Å². The number of halogens is 3. The van der Waals surface area contributed by atoms with Crippen molar-refractivity contribution in [1.82, 2.24) is 14.9 Å². The first-order valence-corrected chi connectivity index (χ1v) is 6.24. The molecular formula is C12H17F3N4. The fourth-order valence-electron chi connectivity index (χ4n) is 2.26. The Bertz CT molecular complexity index is 447. The molecule has 1 aliphatic rings. The van der Waals surface area contributed by atoms with Crippen molar-refractivity contribution < 1.29 is 13.2 Å². The number of aryl methyl sites for hydroxylation is 1. The van der Waals surface area contributed by atoms with Crippen LogP contribution in [-0.2, 0) is 12.7 Å². The summed E-state index contributed by atoms with van der Waals surface area (Å²) in [5, 5.41) is 0. The van der Waals surface area contributed by atoms with Gasteiger partial charge in [0.2, 0.25) is 5.82 Å². The van der Waals surface area contributed by atoms with Crippen LogP contribution in [0, 0.1) is 6.92 Å². The first-order valence-electron chi connectivity index (χ1n) is 6.24. The van der Waals surface area contributed by atoms with Gasteiger partial charge in [0.05, 0.1) is 0 Å². The zero-order chi connectivity index (χ0) is 14.0. The molecule has 0 amide bonds. The fourth-order valence-corrected chi connectivity index (χ4v) is 2.26. The molecule has 0 aromatic carbocycles. The number of nitrogens with zero attached hydrogens (tertiary/aromatic N) is 3. The highest BCUT2D eigenvalue weighted by molar-refractivity contribution is 5.17. The Morgan fingerprint density at radius 1 is 1.47 bits per heavy atom. The smallest absolute Gasteiger partial charge is 0.327 e. The van der Waals surface area contributed by atoms with Gasteiger partial charge in [-0.15, -0.1) is 0 Å². The van der Waals surface area contributed by atoms with Crippen molar-refractivity contribution in [3.8, 4) is 0 Å². The quantitative estimate of drug-likeness (QED) is 0.892. The Morgan fingerprint density at radius 2 is 2.21 bits per heavy atom. The maximum absolute atomic E-state index is 12.5. The molecule has 0 unspecified atom stereocenters. The summed E-state index contributed by atoms with van der Waals surface area (Å²) in [5.74, 6) is -1.08. The maximum atomic E-state index is 12.5. The molecule has 2 rings (SSSR count). The summed E-state index contributed by atoms with van der Waals surface area (Å²) in [6.07, 6.45) is -1.21. The molecule has 0 aliphatic carbocycles. The van der Waals surface area contributed by atoms with Crippen LogP contribution in [0.2, 0.25) is 0 Å². The van der Waals surface area contributed by atoms with Crippen LogP contribution in [0.1, 0.15) is 29.9 Å². The van der Waals surface area contributed by atoms with E-state index in [2.05, 4.69) is 14.9 Å². The Kier molecular flexibility index (Phi) is 4.05. The minimum absolute atomic E-state index is 0.143. The van der Waals surface area contributed by atoms with Gasteiger partial charge in [0.15, 0.2) is 0 Å². The van der Waals surface area contributed by atoms with Crippen LogP contribution in [0.5, 0.6) is 0 Å². The van der Waals surface area contributed by atoms with E-state index >= 15 is 0 Å². The van der Waals surface area contributed by atoms with Gasteiger partial charge in [-0.1, -0.05) is 0 Å². The molecule has 1 atom stereocenters. The molecule has 0 spiro atoms. The number of nitrogens with two attached hydrogens (primary N) is 1. The van der Waals surface area contributed by atoms with E-state index < -0.39 is 12.0 Å². The largest absolute Gasteiger partial charge is 0.451 e. The molecule has 4 nitrogen and oxygen atoms in total. The number of aromatic nitrogens is 2. The Balaban J connectivity index is 2.09. The number of piperidine rings is 1. The van der Waals surface area contributed by atoms with E-state index in [0.29, 0.717) is 12.2 Å². The van der Waals surface area contributed by atoms with Gasteiger partial charge < -0.3 is 5.73 Å². The average molecular weight is 274 g/mol. The van der Waals surface area contributed by atoms with Crippen molar-refractivity contribution in [3.05, 3.63) is 23.3 Å². The monoisotopic (exact) mass is 274 g/mol. The molecule has 19 heavy (non-hydrogen) atoms. The zero-order valence-electron chi connectivity index (χ0n) is 10.7. The molecule has 0 saturated carbocycles. The lowest BCUT2D eigenvalue weighted by Crippen LogP contribution is -2.42. The summed E-state index contributed by atoms with van der Waals surface area (Å²) < 4.78 is 37.4. The van der Waals surface area contributed by atoms with E-state index in [0.717, 1.165) is 31.5 Å². The van der Waals surface area contributed by atoms with Gasteiger partial charge in [-0.05, 0) is 26.3 Å². The lowest BCUT2D eigenvalue weighted by molar-refractivity contribution is -0.145. The number of alkyl halides is 3. The molecule has 1 aromatic rings. The predicted molar refractivity (Wildman–Crippen MR) is 64.3 cm³/mol. The maximum Gasteiger partial charge on any atom is 0.451 e. The predicted octanol–water partition coefficient (Wildman–Crippen LogP) is 1.73. The second-order valence-electron chi connectivity index (χ2n) is 4.94. The standard InChI is InChI=1S/C12H17F3N4/c1-8-9(5-17-11(18-8)12(13,14)15)6-19-4-2-3-10(16)7-19/h5,10H,2-4,6-7,16H2,1H3/t10-/m0/s1. The highest BCUT2D eigenvalue weighted by Crippen LogP contribution is 2.26. The first-order chi connectivity index (χ1) is 8.86. The number of likely N-dealkylation sites (tertiary alicyclic amines) is 1. The second-order valence-corrected chi connectivity index (χ2v) is 4.94. The third-order valence-electron chi connectivity index (χ3n) is 3.27. The Hall–Kier alpha value is -1.21. The van der Waals surface area contributed by atoms with Gasteiger partial charge >= 0.3 is 6.18 Å². The molecule has 7 heteroatoms. The minimum atomic E-state index is -4.49. The molecule has 1 aromatic heterocycles. The molecule has 2 N–H and O–H groups in total. The summed E-state index contributed by atoms with van der Waals surface area (Å²) in [7, 11) is 0. The molecular weight excluding hydrogens is 257 g/mol. The van der Waals surface area contributed by atoms with E-state index in [9.17, 15) is 13.2 Å². The van der Waals surface area contributed by atoms with Crippen molar-refractivity contribution >= 4 is 0 Å². The van der Waals surface area contributed by atoms with Crippen molar-refractivity contribution in [2.75, 3.05) is 13.1 Å². The van der Waals surface area contributed by atoms with Gasteiger partial charge in [-0.2, -0.15) is 13.2 Å². The van der Waals surface area contributed by atoms with Crippen LogP contribution in [0.25, 0.3) is 0 Å². The van der Waals surface area contributed by atoms with Crippen LogP contribution < -0.4 is 5.73 Å². The SMILES string of the molecule is Cc1nc(C(F)(F)F)ncc1CN1CCC[C@H](N)C1. The fraction of sp³-hybridized carbons (Fsp3) is 0.667. The van der Waals surface area contributed by atoms with Crippen molar-refractivity contribution in [2.45, 2.75) is 38.5 Å². The summed E-state index contributed by atoms with van der Waals surface area (Å²) in [6.45, 7) is 3.81. The Labute approximate surface area is 109 Å². The van der Waals surface area contributed by atoms with E-state index in [1.165, 1.54) is 6.20 Å². The molecule has 2 heterocycles. The summed E-state index contributed by atoms with van der Waals surface area (Å²) in [6, 6.07) is 0.143. The minimum Gasteiger partial charge on any atom is -0.327 e. The third kappa shape index (κ3) is 3.63. The van der Waals surface area contributed by atoms with Gasteiger partial charge in [0, 0.05) is 36.6 Å². The number of rotatable bonds is 2. The molecule has 1 saturated heterocycles. The lowest BCUT2D eigenvalue weighted by Gasteiger charge is -2.30. The first kappa shape index (κ1) is 14.2. The zero-order valence-corrected chi connectivity index (χ0v) is 10.7. The number of hydrogen-bond donors (Lipinski definition) is 1. The lowest BCUT2D eigenvalue weighted by atomic mass is 10.1. The van der Waals surface area contributed by atoms with Gasteiger partial charge in [0.25, 0.3) is 0 Å². The highest BCUT2D eigenvalue weighted by atomic mass is 19.4. The van der Waals surface area contributed by atoms with Crippen LogP contribution in [0.15, 0.2) is 6.20 Å². The van der Waals surface area contributed by atoms with Crippen molar-refractivity contribution in [2.24, 2.45) is 5.73 Å². The van der Waals surface area contributed by atoms with E-state index in [1.807, 2.05) is 0 Å². The molecule has 0 bridgehead atoms. The molecule has 1 aliphatic heterocycles. The van der Waals surface area contributed by atoms with Crippen molar-refractivity contribution in [1.29, 1.82) is 0 Å². The summed E-state index contributed by atoms with van der Waals surface area (Å²) in [4.78, 5) is 9.07. The van der Waals surface area contributed by atoms with Crippen LogP contribution in [-0.4, -0.2) is 34.0 Å². The van der Waals surface area contributed by atoms with E-state index in [4.69, 9.17) is 5.73 Å². The highest BCUT2D eigenvalue weighted by Gasteiger charge is 2.34. The summed E-state index contributed by atoms with van der Waals surface area (Å²) in [5.41, 5.74) is 6.98. The van der Waals surface area contributed by atoms with E-state index in [-0.39, 0.29) is 6.04 Å².